The highest BCUT2D eigenvalue weighted by atomic mass is 35.5. The molecule has 2 N–H and O–H groups in total. The molecule has 0 aliphatic heterocycles. The van der Waals surface area contributed by atoms with Crippen LogP contribution in [-0.2, 0) is 16.6 Å². The number of nitrogens with zero attached hydrogens (tertiary/aromatic N) is 2. The van der Waals surface area contributed by atoms with Crippen LogP contribution in [0.4, 0.5) is 11.4 Å². The van der Waals surface area contributed by atoms with Crippen molar-refractivity contribution < 1.29 is 19.1 Å². The molecule has 4 aromatic rings. The van der Waals surface area contributed by atoms with Crippen molar-refractivity contribution in [2.24, 2.45) is 7.05 Å². The van der Waals surface area contributed by atoms with E-state index < -0.39 is 23.5 Å². The first-order valence-electron chi connectivity index (χ1n) is 11.2. The van der Waals surface area contributed by atoms with Crippen molar-refractivity contribution in [2.45, 2.75) is 20.0 Å². The second-order valence-corrected chi connectivity index (χ2v) is 9.45. The predicted molar refractivity (Wildman–Crippen MR) is 143 cm³/mol. The third-order valence-electron chi connectivity index (χ3n) is 5.65. The van der Waals surface area contributed by atoms with Crippen LogP contribution in [0.25, 0.3) is 5.69 Å². The fourth-order valence-electron chi connectivity index (χ4n) is 3.56. The molecular formula is C26H23ClN4O5S. The lowest BCUT2D eigenvalue weighted by Crippen LogP contribution is -2.32. The first-order chi connectivity index (χ1) is 17.7. The topological polar surface area (TPSA) is 111 Å². The van der Waals surface area contributed by atoms with Gasteiger partial charge in [0.1, 0.15) is 5.69 Å². The zero-order chi connectivity index (χ0) is 26.7. The van der Waals surface area contributed by atoms with E-state index >= 15 is 0 Å². The Hall–Kier alpha value is -4.15. The quantitative estimate of drug-likeness (QED) is 0.333. The van der Waals surface area contributed by atoms with Crippen molar-refractivity contribution in [1.82, 2.24) is 9.36 Å². The van der Waals surface area contributed by atoms with Crippen LogP contribution >= 0.6 is 22.9 Å². The standard InChI is InChI=1S/C26H23ClN4O5S/c1-15-22(25(34)31(30(15)3)18-8-5-4-6-9-18)29-23(32)16(2)36-26(35)17-11-12-19(27)20(14-17)28-24(33)21-10-7-13-37-21/h4-14,16H,1-3H3,(H,28,33)(H,29,32). The van der Waals surface area contributed by atoms with Gasteiger partial charge >= 0.3 is 5.97 Å². The summed E-state index contributed by atoms with van der Waals surface area (Å²) in [6.07, 6.45) is -1.21. The molecule has 1 unspecified atom stereocenters. The number of halogens is 1. The summed E-state index contributed by atoms with van der Waals surface area (Å²) in [4.78, 5) is 51.4. The molecule has 2 amide bonds. The highest BCUT2D eigenvalue weighted by molar-refractivity contribution is 7.12. The van der Waals surface area contributed by atoms with Gasteiger partial charge in [0.15, 0.2) is 6.10 Å². The summed E-state index contributed by atoms with van der Waals surface area (Å²) < 4.78 is 8.38. The van der Waals surface area contributed by atoms with E-state index in [1.807, 2.05) is 6.07 Å². The average molecular weight is 539 g/mol. The maximum atomic E-state index is 13.0. The van der Waals surface area contributed by atoms with Crippen molar-refractivity contribution >= 4 is 52.1 Å². The molecule has 0 spiro atoms. The fourth-order valence-corrected chi connectivity index (χ4v) is 4.34. The Bertz CT molecular complexity index is 1530. The Balaban J connectivity index is 1.46. The average Bonchev–Trinajstić information content (AvgIpc) is 3.49. The largest absolute Gasteiger partial charge is 0.449 e. The fraction of sp³-hybridized carbons (Fsp3) is 0.154. The Morgan fingerprint density at radius 1 is 1.03 bits per heavy atom. The molecule has 9 nitrogen and oxygen atoms in total. The molecule has 2 heterocycles. The molecule has 0 bridgehead atoms. The number of benzene rings is 2. The second kappa shape index (κ2) is 10.9. The number of nitrogens with one attached hydrogen (secondary N) is 2. The van der Waals surface area contributed by atoms with Gasteiger partial charge in [0.25, 0.3) is 17.4 Å². The van der Waals surface area contributed by atoms with Gasteiger partial charge in [0.2, 0.25) is 0 Å². The number of carbonyl (C=O) groups is 3. The zero-order valence-corrected chi connectivity index (χ0v) is 21.7. The van der Waals surface area contributed by atoms with E-state index in [2.05, 4.69) is 10.6 Å². The minimum Gasteiger partial charge on any atom is -0.449 e. The van der Waals surface area contributed by atoms with Gasteiger partial charge in [0.05, 0.1) is 32.5 Å². The molecule has 0 saturated heterocycles. The molecule has 190 valence electrons. The van der Waals surface area contributed by atoms with Gasteiger partial charge in [-0.05, 0) is 55.6 Å². The van der Waals surface area contributed by atoms with Gasteiger partial charge in [-0.2, -0.15) is 0 Å². The van der Waals surface area contributed by atoms with Gasteiger partial charge in [0, 0.05) is 7.05 Å². The van der Waals surface area contributed by atoms with E-state index in [0.717, 1.165) is 0 Å². The smallest absolute Gasteiger partial charge is 0.338 e. The maximum Gasteiger partial charge on any atom is 0.338 e. The third-order valence-corrected chi connectivity index (χ3v) is 6.85. The number of rotatable bonds is 7. The molecular weight excluding hydrogens is 516 g/mol. The number of esters is 1. The van der Waals surface area contributed by atoms with E-state index in [4.69, 9.17) is 16.3 Å². The van der Waals surface area contributed by atoms with Crippen LogP contribution in [0.15, 0.2) is 70.8 Å². The number of aromatic nitrogens is 2. The second-order valence-electron chi connectivity index (χ2n) is 8.10. The van der Waals surface area contributed by atoms with Crippen molar-refractivity contribution in [2.75, 3.05) is 10.6 Å². The van der Waals surface area contributed by atoms with Crippen molar-refractivity contribution in [3.8, 4) is 5.69 Å². The number of thiophene rings is 1. The monoisotopic (exact) mass is 538 g/mol. The predicted octanol–water partition coefficient (Wildman–Crippen LogP) is 4.64. The number of hydrogen-bond acceptors (Lipinski definition) is 6. The molecule has 2 aromatic carbocycles. The van der Waals surface area contributed by atoms with Gasteiger partial charge in [-0.3, -0.25) is 19.1 Å². The number of carbonyl (C=O) groups excluding carboxylic acids is 3. The van der Waals surface area contributed by atoms with Crippen LogP contribution in [0.5, 0.6) is 0 Å². The number of para-hydroxylation sites is 1. The van der Waals surface area contributed by atoms with Crippen LogP contribution in [0.3, 0.4) is 0 Å². The summed E-state index contributed by atoms with van der Waals surface area (Å²) in [6, 6.07) is 16.7. The van der Waals surface area contributed by atoms with E-state index in [9.17, 15) is 19.2 Å². The molecule has 11 heteroatoms. The molecule has 0 saturated carbocycles. The van der Waals surface area contributed by atoms with Gasteiger partial charge in [-0.15, -0.1) is 11.3 Å². The summed E-state index contributed by atoms with van der Waals surface area (Å²) in [7, 11) is 1.71. The summed E-state index contributed by atoms with van der Waals surface area (Å²) >= 11 is 7.45. The summed E-state index contributed by atoms with van der Waals surface area (Å²) in [5, 5.41) is 7.25. The molecule has 1 atom stereocenters. The van der Waals surface area contributed by atoms with Crippen molar-refractivity contribution in [3.63, 3.8) is 0 Å². The zero-order valence-electron chi connectivity index (χ0n) is 20.2. The summed E-state index contributed by atoms with van der Waals surface area (Å²) in [5.41, 5.74) is 1.17. The lowest BCUT2D eigenvalue weighted by atomic mass is 10.2. The first-order valence-corrected chi connectivity index (χ1v) is 12.4. The van der Waals surface area contributed by atoms with Crippen LogP contribution in [0.1, 0.15) is 32.6 Å². The number of amides is 2. The van der Waals surface area contributed by atoms with Crippen LogP contribution in [0, 0.1) is 6.92 Å². The molecule has 0 aliphatic carbocycles. The highest BCUT2D eigenvalue weighted by Crippen LogP contribution is 2.25. The van der Waals surface area contributed by atoms with Crippen LogP contribution < -0.4 is 16.2 Å². The van der Waals surface area contributed by atoms with Crippen molar-refractivity contribution in [1.29, 1.82) is 0 Å². The van der Waals surface area contributed by atoms with Gasteiger partial charge in [-0.25, -0.2) is 9.48 Å². The van der Waals surface area contributed by atoms with Gasteiger partial charge in [-0.1, -0.05) is 35.9 Å². The van der Waals surface area contributed by atoms with E-state index in [1.165, 1.54) is 41.1 Å². The Labute approximate surface area is 221 Å². The van der Waals surface area contributed by atoms with E-state index in [-0.39, 0.29) is 27.9 Å². The maximum absolute atomic E-state index is 13.0. The normalized spacial score (nSPS) is 11.6. The first kappa shape index (κ1) is 25.9. The molecule has 0 aliphatic rings. The summed E-state index contributed by atoms with van der Waals surface area (Å²) in [5.74, 6) is -1.83. The molecule has 37 heavy (non-hydrogen) atoms. The van der Waals surface area contributed by atoms with Crippen LogP contribution in [0.2, 0.25) is 5.02 Å². The highest BCUT2D eigenvalue weighted by Gasteiger charge is 2.24. The molecule has 4 rings (SSSR count). The Morgan fingerprint density at radius 2 is 1.76 bits per heavy atom. The van der Waals surface area contributed by atoms with Gasteiger partial charge < -0.3 is 15.4 Å². The Morgan fingerprint density at radius 3 is 2.43 bits per heavy atom. The van der Waals surface area contributed by atoms with E-state index in [0.29, 0.717) is 16.3 Å². The lowest BCUT2D eigenvalue weighted by molar-refractivity contribution is -0.123. The molecule has 0 radical (unpaired) electrons. The molecule has 2 aromatic heterocycles. The summed E-state index contributed by atoms with van der Waals surface area (Å²) in [6.45, 7) is 3.10. The minimum absolute atomic E-state index is 0.0873. The third kappa shape index (κ3) is 5.50. The lowest BCUT2D eigenvalue weighted by Gasteiger charge is -2.14. The Kier molecular flexibility index (Phi) is 7.61. The number of ether oxygens (including phenoxy) is 1. The van der Waals surface area contributed by atoms with Crippen molar-refractivity contribution in [3.05, 3.63) is 97.6 Å². The number of anilines is 2. The van der Waals surface area contributed by atoms with E-state index in [1.54, 1.807) is 60.4 Å². The minimum atomic E-state index is -1.21. The number of hydrogen-bond donors (Lipinski definition) is 2. The van der Waals surface area contributed by atoms with Crippen LogP contribution in [-0.4, -0.2) is 33.3 Å². The SMILES string of the molecule is Cc1c(NC(=O)C(C)OC(=O)c2ccc(Cl)c(NC(=O)c3cccs3)c2)c(=O)n(-c2ccccc2)n1C. The molecule has 0 fully saturated rings.